The molecule has 0 aromatic heterocycles. The lowest BCUT2D eigenvalue weighted by Crippen LogP contribution is -2.37. The first-order valence-corrected chi connectivity index (χ1v) is 6.42. The Morgan fingerprint density at radius 1 is 1.43 bits per heavy atom. The molecular formula is C8H17NO4S. The smallest absolute Gasteiger partial charge is 0.307 e. The molecule has 0 fully saturated rings. The van der Waals surface area contributed by atoms with Gasteiger partial charge in [0.25, 0.3) is 0 Å². The molecule has 2 atom stereocenters. The molecule has 0 amide bonds. The second kappa shape index (κ2) is 5.31. The molecule has 0 radical (unpaired) electrons. The van der Waals surface area contributed by atoms with Gasteiger partial charge in [-0.25, -0.2) is 8.42 Å². The summed E-state index contributed by atoms with van der Waals surface area (Å²) in [6.07, 6.45) is 1.16. The van der Waals surface area contributed by atoms with Crippen molar-refractivity contribution in [1.82, 2.24) is 5.32 Å². The van der Waals surface area contributed by atoms with Crippen LogP contribution < -0.4 is 5.32 Å². The third-order valence-corrected chi connectivity index (χ3v) is 2.85. The molecule has 0 saturated carbocycles. The maximum absolute atomic E-state index is 10.9. The van der Waals surface area contributed by atoms with Crippen LogP contribution in [-0.4, -0.2) is 44.1 Å². The molecule has 0 aliphatic carbocycles. The van der Waals surface area contributed by atoms with Crippen molar-refractivity contribution in [3.63, 3.8) is 0 Å². The van der Waals surface area contributed by atoms with Crippen LogP contribution in [-0.2, 0) is 14.6 Å². The lowest BCUT2D eigenvalue weighted by atomic mass is 10.2. The maximum Gasteiger partial charge on any atom is 0.307 e. The summed E-state index contributed by atoms with van der Waals surface area (Å²) in [6, 6.07) is -0.216. The van der Waals surface area contributed by atoms with Crippen molar-refractivity contribution in [3.05, 3.63) is 0 Å². The van der Waals surface area contributed by atoms with Gasteiger partial charge in [-0.15, -0.1) is 0 Å². The molecule has 0 spiro atoms. The van der Waals surface area contributed by atoms with E-state index in [0.29, 0.717) is 0 Å². The molecule has 14 heavy (non-hydrogen) atoms. The topological polar surface area (TPSA) is 83.5 Å². The molecule has 0 aliphatic heterocycles. The van der Waals surface area contributed by atoms with Crippen molar-refractivity contribution in [2.45, 2.75) is 19.9 Å². The number of hydrogen-bond donors (Lipinski definition) is 2. The third kappa shape index (κ3) is 6.85. The summed E-state index contributed by atoms with van der Waals surface area (Å²) in [5, 5.41) is 11.4. The normalized spacial score (nSPS) is 16.2. The SMILES string of the molecule is CC(CS(C)(=O)=O)NCC(C)C(=O)O. The minimum absolute atomic E-state index is 0.0271. The Morgan fingerprint density at radius 3 is 2.29 bits per heavy atom. The highest BCUT2D eigenvalue weighted by Gasteiger charge is 2.14. The van der Waals surface area contributed by atoms with Crippen LogP contribution in [0.15, 0.2) is 0 Å². The van der Waals surface area contributed by atoms with Gasteiger partial charge in [-0.2, -0.15) is 0 Å². The number of carboxylic acid groups (broad SMARTS) is 1. The number of carboxylic acids is 1. The molecule has 0 bridgehead atoms. The first-order chi connectivity index (χ1) is 6.22. The maximum atomic E-state index is 10.9. The summed E-state index contributed by atoms with van der Waals surface area (Å²) in [5.41, 5.74) is 0. The zero-order valence-corrected chi connectivity index (χ0v) is 9.47. The van der Waals surface area contributed by atoms with E-state index in [1.165, 1.54) is 0 Å². The van der Waals surface area contributed by atoms with Gasteiger partial charge in [-0.1, -0.05) is 6.92 Å². The molecule has 0 aromatic rings. The average Bonchev–Trinajstić information content (AvgIpc) is 1.96. The van der Waals surface area contributed by atoms with Crippen LogP contribution in [0.25, 0.3) is 0 Å². The fourth-order valence-corrected chi connectivity index (χ4v) is 2.00. The summed E-state index contributed by atoms with van der Waals surface area (Å²) < 4.78 is 21.7. The minimum atomic E-state index is -3.00. The van der Waals surface area contributed by atoms with Crippen molar-refractivity contribution in [3.8, 4) is 0 Å². The Kier molecular flexibility index (Phi) is 5.07. The van der Waals surface area contributed by atoms with Crippen LogP contribution in [0.1, 0.15) is 13.8 Å². The number of nitrogens with one attached hydrogen (secondary N) is 1. The van der Waals surface area contributed by atoms with Gasteiger partial charge in [0.15, 0.2) is 0 Å². The summed E-state index contributed by atoms with van der Waals surface area (Å²) in [6.45, 7) is 3.57. The number of sulfone groups is 1. The number of rotatable bonds is 6. The van der Waals surface area contributed by atoms with Gasteiger partial charge < -0.3 is 10.4 Å². The van der Waals surface area contributed by atoms with E-state index in [1.54, 1.807) is 13.8 Å². The Hall–Kier alpha value is -0.620. The van der Waals surface area contributed by atoms with Crippen molar-refractivity contribution in [2.75, 3.05) is 18.6 Å². The van der Waals surface area contributed by atoms with E-state index in [2.05, 4.69) is 5.32 Å². The Morgan fingerprint density at radius 2 is 1.93 bits per heavy atom. The number of aliphatic carboxylic acids is 1. The first kappa shape index (κ1) is 13.4. The fourth-order valence-electron chi connectivity index (χ4n) is 0.978. The predicted octanol–water partition coefficient (Wildman–Crippen LogP) is -0.270. The molecule has 2 unspecified atom stereocenters. The van der Waals surface area contributed by atoms with Crippen LogP contribution in [0.4, 0.5) is 0 Å². The lowest BCUT2D eigenvalue weighted by Gasteiger charge is -2.14. The quantitative estimate of drug-likeness (QED) is 0.647. The van der Waals surface area contributed by atoms with Gasteiger partial charge in [0.2, 0.25) is 0 Å². The lowest BCUT2D eigenvalue weighted by molar-refractivity contribution is -0.140. The largest absolute Gasteiger partial charge is 0.481 e. The Labute approximate surface area is 84.4 Å². The second-order valence-corrected chi connectivity index (χ2v) is 5.83. The Bertz CT molecular complexity index is 286. The third-order valence-electron chi connectivity index (χ3n) is 1.75. The molecule has 0 aliphatic rings. The van der Waals surface area contributed by atoms with Crippen molar-refractivity contribution in [1.29, 1.82) is 0 Å². The van der Waals surface area contributed by atoms with E-state index in [4.69, 9.17) is 5.11 Å². The standard InChI is InChI=1S/C8H17NO4S/c1-6(8(10)11)4-9-7(2)5-14(3,12)13/h6-7,9H,4-5H2,1-3H3,(H,10,11). The molecule has 0 aromatic carbocycles. The van der Waals surface area contributed by atoms with Crippen LogP contribution >= 0.6 is 0 Å². The summed E-state index contributed by atoms with van der Waals surface area (Å²) in [5.74, 6) is -1.36. The van der Waals surface area contributed by atoms with E-state index in [0.717, 1.165) is 6.26 Å². The summed E-state index contributed by atoms with van der Waals surface area (Å²) >= 11 is 0. The van der Waals surface area contributed by atoms with Crippen LogP contribution in [0, 0.1) is 5.92 Å². The monoisotopic (exact) mass is 223 g/mol. The molecule has 6 heteroatoms. The highest BCUT2D eigenvalue weighted by Crippen LogP contribution is 1.95. The van der Waals surface area contributed by atoms with Crippen molar-refractivity contribution >= 4 is 15.8 Å². The average molecular weight is 223 g/mol. The number of carbonyl (C=O) groups is 1. The van der Waals surface area contributed by atoms with E-state index in [-0.39, 0.29) is 18.3 Å². The molecular weight excluding hydrogens is 206 g/mol. The highest BCUT2D eigenvalue weighted by molar-refractivity contribution is 7.90. The summed E-state index contributed by atoms with van der Waals surface area (Å²) in [4.78, 5) is 10.4. The molecule has 0 saturated heterocycles. The van der Waals surface area contributed by atoms with Gasteiger partial charge in [-0.05, 0) is 6.92 Å². The summed E-state index contributed by atoms with van der Waals surface area (Å²) in [7, 11) is -3.00. The van der Waals surface area contributed by atoms with Crippen molar-refractivity contribution in [2.24, 2.45) is 5.92 Å². The predicted molar refractivity (Wildman–Crippen MR) is 54.0 cm³/mol. The molecule has 0 rings (SSSR count). The van der Waals surface area contributed by atoms with Crippen LogP contribution in [0.2, 0.25) is 0 Å². The minimum Gasteiger partial charge on any atom is -0.481 e. The van der Waals surface area contributed by atoms with E-state index in [1.807, 2.05) is 0 Å². The van der Waals surface area contributed by atoms with E-state index in [9.17, 15) is 13.2 Å². The second-order valence-electron chi connectivity index (χ2n) is 3.64. The zero-order valence-electron chi connectivity index (χ0n) is 8.65. The molecule has 2 N–H and O–H groups in total. The molecule has 5 nitrogen and oxygen atoms in total. The van der Waals surface area contributed by atoms with E-state index >= 15 is 0 Å². The zero-order chi connectivity index (χ0) is 11.4. The molecule has 84 valence electrons. The van der Waals surface area contributed by atoms with Gasteiger partial charge in [0, 0.05) is 18.8 Å². The number of hydrogen-bond acceptors (Lipinski definition) is 4. The Balaban J connectivity index is 3.86. The molecule has 0 heterocycles. The van der Waals surface area contributed by atoms with Gasteiger partial charge in [0.1, 0.15) is 9.84 Å². The van der Waals surface area contributed by atoms with Gasteiger partial charge >= 0.3 is 5.97 Å². The highest BCUT2D eigenvalue weighted by atomic mass is 32.2. The van der Waals surface area contributed by atoms with Crippen LogP contribution in [0.5, 0.6) is 0 Å². The van der Waals surface area contributed by atoms with Gasteiger partial charge in [-0.3, -0.25) is 4.79 Å². The van der Waals surface area contributed by atoms with Crippen LogP contribution in [0.3, 0.4) is 0 Å². The van der Waals surface area contributed by atoms with Gasteiger partial charge in [0.05, 0.1) is 11.7 Å². The first-order valence-electron chi connectivity index (χ1n) is 4.36. The van der Waals surface area contributed by atoms with E-state index < -0.39 is 21.7 Å². The van der Waals surface area contributed by atoms with Crippen molar-refractivity contribution < 1.29 is 18.3 Å². The fraction of sp³-hybridized carbons (Fsp3) is 0.875.